The molecule has 18 heavy (non-hydrogen) atoms. The van der Waals surface area contributed by atoms with E-state index < -0.39 is 11.6 Å². The Morgan fingerprint density at radius 2 is 1.94 bits per heavy atom. The molecular formula is C14H20F2N2. The fourth-order valence-corrected chi connectivity index (χ4v) is 2.92. The van der Waals surface area contributed by atoms with Crippen LogP contribution in [-0.2, 0) is 0 Å². The highest BCUT2D eigenvalue weighted by atomic mass is 19.1. The molecule has 0 radical (unpaired) electrons. The molecule has 0 amide bonds. The second-order valence-electron chi connectivity index (χ2n) is 5.05. The number of nitrogens with zero attached hydrogens (tertiary/aromatic N) is 1. The Hall–Kier alpha value is -1.00. The van der Waals surface area contributed by atoms with Crippen LogP contribution in [0.15, 0.2) is 18.2 Å². The van der Waals surface area contributed by atoms with Gasteiger partial charge < -0.3 is 5.73 Å². The second kappa shape index (κ2) is 5.76. The van der Waals surface area contributed by atoms with Crippen LogP contribution in [0.1, 0.15) is 30.9 Å². The van der Waals surface area contributed by atoms with Crippen molar-refractivity contribution in [2.75, 3.05) is 20.1 Å². The lowest BCUT2D eigenvalue weighted by molar-refractivity contribution is 0.186. The van der Waals surface area contributed by atoms with Crippen molar-refractivity contribution in [3.63, 3.8) is 0 Å². The number of benzene rings is 1. The molecule has 0 aliphatic carbocycles. The van der Waals surface area contributed by atoms with Crippen molar-refractivity contribution in [3.8, 4) is 0 Å². The quantitative estimate of drug-likeness (QED) is 0.879. The first-order valence-corrected chi connectivity index (χ1v) is 6.49. The molecule has 2 unspecified atom stereocenters. The van der Waals surface area contributed by atoms with E-state index in [2.05, 4.69) is 0 Å². The van der Waals surface area contributed by atoms with Crippen LogP contribution in [0.2, 0.25) is 0 Å². The summed E-state index contributed by atoms with van der Waals surface area (Å²) in [5.74, 6) is -0.816. The Labute approximate surface area is 107 Å². The normalized spacial score (nSPS) is 26.0. The maximum Gasteiger partial charge on any atom is 0.130 e. The van der Waals surface area contributed by atoms with Crippen LogP contribution in [0.3, 0.4) is 0 Å². The average molecular weight is 254 g/mol. The van der Waals surface area contributed by atoms with Crippen LogP contribution in [0, 0.1) is 17.6 Å². The van der Waals surface area contributed by atoms with Crippen molar-refractivity contribution < 1.29 is 8.78 Å². The van der Waals surface area contributed by atoms with Gasteiger partial charge in [0.05, 0.1) is 0 Å². The maximum atomic E-state index is 13.9. The van der Waals surface area contributed by atoms with E-state index in [1.54, 1.807) is 0 Å². The maximum absolute atomic E-state index is 13.9. The van der Waals surface area contributed by atoms with Gasteiger partial charge in [-0.2, -0.15) is 0 Å². The zero-order valence-electron chi connectivity index (χ0n) is 10.7. The van der Waals surface area contributed by atoms with Crippen LogP contribution in [0.5, 0.6) is 0 Å². The summed E-state index contributed by atoms with van der Waals surface area (Å²) in [6.45, 7) is 1.32. The summed E-state index contributed by atoms with van der Waals surface area (Å²) in [5.41, 5.74) is 5.97. The molecule has 2 N–H and O–H groups in total. The van der Waals surface area contributed by atoms with Gasteiger partial charge in [0.2, 0.25) is 0 Å². The van der Waals surface area contributed by atoms with Gasteiger partial charge in [0, 0.05) is 11.6 Å². The van der Waals surface area contributed by atoms with Crippen molar-refractivity contribution in [1.29, 1.82) is 0 Å². The largest absolute Gasteiger partial charge is 0.330 e. The SMILES string of the molecule is CN1CCCCC(CN)C1c1c(F)cccc1F. The smallest absolute Gasteiger partial charge is 0.130 e. The van der Waals surface area contributed by atoms with Gasteiger partial charge in [0.25, 0.3) is 0 Å². The standard InChI is InChI=1S/C14H20F2N2/c1-18-8-3-2-5-10(9-17)14(18)13-11(15)6-4-7-12(13)16/h4,6-7,10,14H,2-3,5,8-9,17H2,1H3. The van der Waals surface area contributed by atoms with Crippen molar-refractivity contribution in [2.45, 2.75) is 25.3 Å². The lowest BCUT2D eigenvalue weighted by Crippen LogP contribution is -2.34. The minimum atomic E-state index is -0.466. The first-order chi connectivity index (χ1) is 8.65. The molecule has 0 bridgehead atoms. The lowest BCUT2D eigenvalue weighted by Gasteiger charge is -2.32. The van der Waals surface area contributed by atoms with Crippen LogP contribution in [0.4, 0.5) is 8.78 Å². The van der Waals surface area contributed by atoms with Gasteiger partial charge in [-0.1, -0.05) is 12.5 Å². The molecule has 1 saturated heterocycles. The van der Waals surface area contributed by atoms with Crippen LogP contribution in [0.25, 0.3) is 0 Å². The Morgan fingerprint density at radius 3 is 2.56 bits per heavy atom. The van der Waals surface area contributed by atoms with Gasteiger partial charge in [-0.15, -0.1) is 0 Å². The van der Waals surface area contributed by atoms with Crippen LogP contribution in [-0.4, -0.2) is 25.0 Å². The molecule has 0 saturated carbocycles. The van der Waals surface area contributed by atoms with Crippen molar-refractivity contribution >= 4 is 0 Å². The van der Waals surface area contributed by atoms with Gasteiger partial charge in [-0.05, 0) is 51.0 Å². The Balaban J connectivity index is 2.43. The fourth-order valence-electron chi connectivity index (χ4n) is 2.92. The molecule has 0 aromatic heterocycles. The van der Waals surface area contributed by atoms with Crippen molar-refractivity contribution in [3.05, 3.63) is 35.4 Å². The van der Waals surface area contributed by atoms with Gasteiger partial charge >= 0.3 is 0 Å². The number of rotatable bonds is 2. The molecule has 2 nitrogen and oxygen atoms in total. The summed E-state index contributed by atoms with van der Waals surface area (Å²) >= 11 is 0. The van der Waals surface area contributed by atoms with Gasteiger partial charge in [-0.25, -0.2) is 8.78 Å². The minimum Gasteiger partial charge on any atom is -0.330 e. The van der Waals surface area contributed by atoms with Crippen LogP contribution >= 0.6 is 0 Å². The first kappa shape index (κ1) is 13.4. The topological polar surface area (TPSA) is 29.3 Å². The van der Waals surface area contributed by atoms with E-state index in [0.29, 0.717) is 6.54 Å². The summed E-state index contributed by atoms with van der Waals surface area (Å²) in [7, 11) is 1.92. The van der Waals surface area contributed by atoms with E-state index in [1.807, 2.05) is 11.9 Å². The Bertz CT molecular complexity index is 389. The van der Waals surface area contributed by atoms with E-state index in [0.717, 1.165) is 25.8 Å². The predicted molar refractivity (Wildman–Crippen MR) is 68.1 cm³/mol. The second-order valence-corrected chi connectivity index (χ2v) is 5.05. The van der Waals surface area contributed by atoms with E-state index in [9.17, 15) is 8.78 Å². The fraction of sp³-hybridized carbons (Fsp3) is 0.571. The third kappa shape index (κ3) is 2.54. The minimum absolute atomic E-state index is 0.115. The molecule has 4 heteroatoms. The Morgan fingerprint density at radius 1 is 1.28 bits per heavy atom. The van der Waals surface area contributed by atoms with E-state index in [4.69, 9.17) is 5.73 Å². The van der Waals surface area contributed by atoms with Crippen molar-refractivity contribution in [1.82, 2.24) is 4.90 Å². The number of hydrogen-bond acceptors (Lipinski definition) is 2. The zero-order valence-corrected chi connectivity index (χ0v) is 10.7. The molecule has 2 rings (SSSR count). The van der Waals surface area contributed by atoms with Crippen molar-refractivity contribution in [2.24, 2.45) is 11.7 Å². The summed E-state index contributed by atoms with van der Waals surface area (Å²) in [6, 6.07) is 3.80. The number of nitrogens with two attached hydrogens (primary N) is 1. The number of halogens is 2. The highest BCUT2D eigenvalue weighted by Crippen LogP contribution is 2.36. The summed E-state index contributed by atoms with van der Waals surface area (Å²) in [6.07, 6.45) is 3.05. The molecule has 100 valence electrons. The molecule has 0 spiro atoms. The third-order valence-corrected chi connectivity index (χ3v) is 3.86. The lowest BCUT2D eigenvalue weighted by atomic mass is 9.89. The molecule has 1 aliphatic heterocycles. The predicted octanol–water partition coefficient (Wildman–Crippen LogP) is 2.70. The highest BCUT2D eigenvalue weighted by molar-refractivity contribution is 5.24. The summed E-state index contributed by atoms with van der Waals surface area (Å²) in [5, 5.41) is 0. The highest BCUT2D eigenvalue weighted by Gasteiger charge is 2.32. The van der Waals surface area contributed by atoms with E-state index in [-0.39, 0.29) is 17.5 Å². The Kier molecular flexibility index (Phi) is 4.30. The van der Waals surface area contributed by atoms with Crippen LogP contribution < -0.4 is 5.73 Å². The molecule has 1 aliphatic rings. The summed E-state index contributed by atoms with van der Waals surface area (Å²) < 4.78 is 27.9. The molecule has 1 heterocycles. The van der Waals surface area contributed by atoms with E-state index in [1.165, 1.54) is 18.2 Å². The molecule has 2 atom stereocenters. The monoisotopic (exact) mass is 254 g/mol. The van der Waals surface area contributed by atoms with Gasteiger partial charge in [0.15, 0.2) is 0 Å². The zero-order chi connectivity index (χ0) is 13.1. The molecule has 1 aromatic carbocycles. The number of hydrogen-bond donors (Lipinski definition) is 1. The summed E-state index contributed by atoms with van der Waals surface area (Å²) in [4.78, 5) is 2.03. The average Bonchev–Trinajstić information content (AvgIpc) is 2.52. The third-order valence-electron chi connectivity index (χ3n) is 3.86. The molecular weight excluding hydrogens is 234 g/mol. The van der Waals surface area contributed by atoms with E-state index >= 15 is 0 Å². The van der Waals surface area contributed by atoms with Gasteiger partial charge in [-0.3, -0.25) is 4.90 Å². The number of likely N-dealkylation sites (tertiary alicyclic amines) is 1. The molecule has 1 aromatic rings. The molecule has 1 fully saturated rings. The first-order valence-electron chi connectivity index (χ1n) is 6.49. The van der Waals surface area contributed by atoms with Gasteiger partial charge in [0.1, 0.15) is 11.6 Å².